The number of aromatic hydroxyl groups is 1. The Morgan fingerprint density at radius 3 is 2.32 bits per heavy atom. The summed E-state index contributed by atoms with van der Waals surface area (Å²) < 4.78 is 9.81. The minimum atomic E-state index is -1.42. The van der Waals surface area contributed by atoms with Crippen LogP contribution < -0.4 is 16.4 Å². The maximum Gasteiger partial charge on any atom is 0.408 e. The van der Waals surface area contributed by atoms with Crippen molar-refractivity contribution in [3.05, 3.63) is 29.3 Å². The topological polar surface area (TPSA) is 177 Å². The van der Waals surface area contributed by atoms with Gasteiger partial charge in [0.15, 0.2) is 0 Å². The summed E-state index contributed by atoms with van der Waals surface area (Å²) in [4.78, 5) is 64.2. The molecular formula is C25H38N4O8. The number of nitrogens with one attached hydrogen (secondary N) is 2. The van der Waals surface area contributed by atoms with Crippen LogP contribution in [0.5, 0.6) is 5.75 Å². The number of phenols is 1. The number of ether oxygens (including phenoxy) is 2. The first-order chi connectivity index (χ1) is 17.2. The van der Waals surface area contributed by atoms with E-state index in [1.54, 1.807) is 27.7 Å². The van der Waals surface area contributed by atoms with Crippen LogP contribution in [0.2, 0.25) is 0 Å². The number of benzene rings is 1. The molecule has 0 radical (unpaired) electrons. The standard InChI is InChI=1S/C25H38N4O8/c1-7-8-11-29(23(34)17(13-19(26)31)28-24(35)37-25(3,4)5)21(22(33)27-14-20(32)36-6)16-9-10-18(30)15(2)12-16/h9-10,12,17,21,30H,7-8,11,13-14H2,1-6H3,(H2,26,31)(H,27,33)(H,28,35). The van der Waals surface area contributed by atoms with Crippen molar-refractivity contribution in [1.29, 1.82) is 0 Å². The molecule has 2 unspecified atom stereocenters. The van der Waals surface area contributed by atoms with E-state index in [-0.39, 0.29) is 12.3 Å². The van der Waals surface area contributed by atoms with E-state index in [2.05, 4.69) is 15.4 Å². The van der Waals surface area contributed by atoms with E-state index in [0.29, 0.717) is 24.0 Å². The summed E-state index contributed by atoms with van der Waals surface area (Å²) in [6.07, 6.45) is -0.324. The molecule has 0 heterocycles. The van der Waals surface area contributed by atoms with Gasteiger partial charge in [-0.25, -0.2) is 4.79 Å². The quantitative estimate of drug-likeness (QED) is 0.298. The Morgan fingerprint density at radius 1 is 1.16 bits per heavy atom. The summed E-state index contributed by atoms with van der Waals surface area (Å²) in [5, 5.41) is 14.8. The van der Waals surface area contributed by atoms with E-state index < -0.39 is 60.4 Å². The molecule has 0 fully saturated rings. The molecule has 12 nitrogen and oxygen atoms in total. The zero-order valence-corrected chi connectivity index (χ0v) is 22.3. The smallest absolute Gasteiger partial charge is 0.408 e. The number of alkyl carbamates (subject to hydrolysis) is 1. The van der Waals surface area contributed by atoms with Gasteiger partial charge in [-0.2, -0.15) is 0 Å². The van der Waals surface area contributed by atoms with Gasteiger partial charge in [0.25, 0.3) is 0 Å². The molecule has 0 saturated heterocycles. The lowest BCUT2D eigenvalue weighted by Gasteiger charge is -2.34. The summed E-state index contributed by atoms with van der Waals surface area (Å²) >= 11 is 0. The molecule has 0 aliphatic carbocycles. The maximum atomic E-state index is 13.8. The minimum Gasteiger partial charge on any atom is -0.508 e. The number of rotatable bonds is 12. The predicted molar refractivity (Wildman–Crippen MR) is 134 cm³/mol. The van der Waals surface area contributed by atoms with Crippen molar-refractivity contribution in [3.63, 3.8) is 0 Å². The van der Waals surface area contributed by atoms with Gasteiger partial charge < -0.3 is 35.8 Å². The zero-order chi connectivity index (χ0) is 28.3. The van der Waals surface area contributed by atoms with Crippen LogP contribution in [0.4, 0.5) is 4.79 Å². The minimum absolute atomic E-state index is 0.0119. The maximum absolute atomic E-state index is 13.8. The third kappa shape index (κ3) is 10.4. The summed E-state index contributed by atoms with van der Waals surface area (Å²) in [7, 11) is 1.17. The fourth-order valence-electron chi connectivity index (χ4n) is 3.40. The van der Waals surface area contributed by atoms with Crippen LogP contribution in [-0.2, 0) is 28.7 Å². The number of esters is 1. The highest BCUT2D eigenvalue weighted by atomic mass is 16.6. The zero-order valence-electron chi connectivity index (χ0n) is 22.3. The van der Waals surface area contributed by atoms with Gasteiger partial charge in [0.2, 0.25) is 17.7 Å². The van der Waals surface area contributed by atoms with E-state index in [1.165, 1.54) is 30.2 Å². The van der Waals surface area contributed by atoms with E-state index in [9.17, 15) is 29.1 Å². The molecule has 2 atom stereocenters. The second-order valence-corrected chi connectivity index (χ2v) is 9.50. The number of phenolic OH excluding ortho intramolecular Hbond substituents is 1. The van der Waals surface area contributed by atoms with Gasteiger partial charge in [0.05, 0.1) is 13.5 Å². The van der Waals surface area contributed by atoms with Gasteiger partial charge in [0, 0.05) is 6.54 Å². The van der Waals surface area contributed by atoms with Gasteiger partial charge in [-0.15, -0.1) is 0 Å². The van der Waals surface area contributed by atoms with Crippen LogP contribution >= 0.6 is 0 Å². The van der Waals surface area contributed by atoms with Crippen LogP contribution in [0.3, 0.4) is 0 Å². The fraction of sp³-hybridized carbons (Fsp3) is 0.560. The molecule has 1 aromatic carbocycles. The number of nitrogens with two attached hydrogens (primary N) is 1. The van der Waals surface area contributed by atoms with Crippen molar-refractivity contribution in [2.24, 2.45) is 5.73 Å². The molecule has 12 heteroatoms. The molecule has 1 aromatic rings. The van der Waals surface area contributed by atoms with Crippen molar-refractivity contribution in [2.75, 3.05) is 20.2 Å². The lowest BCUT2D eigenvalue weighted by atomic mass is 9.99. The summed E-state index contributed by atoms with van der Waals surface area (Å²) in [5.74, 6) is -3.00. The van der Waals surface area contributed by atoms with Crippen LogP contribution in [0, 0.1) is 6.92 Å². The summed E-state index contributed by atoms with van der Waals surface area (Å²) in [6, 6.07) is 1.71. The second-order valence-electron chi connectivity index (χ2n) is 9.50. The van der Waals surface area contributed by atoms with Gasteiger partial charge >= 0.3 is 12.1 Å². The number of hydrogen-bond acceptors (Lipinski definition) is 8. The number of carbonyl (C=O) groups is 5. The molecule has 206 valence electrons. The van der Waals surface area contributed by atoms with E-state index in [1.807, 2.05) is 6.92 Å². The third-order valence-electron chi connectivity index (χ3n) is 5.16. The molecule has 37 heavy (non-hydrogen) atoms. The van der Waals surface area contributed by atoms with Gasteiger partial charge in [0.1, 0.15) is 30.0 Å². The largest absolute Gasteiger partial charge is 0.508 e. The average Bonchev–Trinajstić information content (AvgIpc) is 2.79. The first kappa shape index (κ1) is 31.2. The van der Waals surface area contributed by atoms with E-state index >= 15 is 0 Å². The van der Waals surface area contributed by atoms with Crippen LogP contribution in [0.15, 0.2) is 18.2 Å². The Bertz CT molecular complexity index is 989. The Morgan fingerprint density at radius 2 is 1.81 bits per heavy atom. The third-order valence-corrected chi connectivity index (χ3v) is 5.16. The fourth-order valence-corrected chi connectivity index (χ4v) is 3.40. The molecule has 0 aliphatic heterocycles. The first-order valence-electron chi connectivity index (χ1n) is 11.9. The van der Waals surface area contributed by atoms with Crippen molar-refractivity contribution >= 4 is 29.8 Å². The average molecular weight is 523 g/mol. The molecule has 4 amide bonds. The Labute approximate surface area is 216 Å². The van der Waals surface area contributed by atoms with Crippen molar-refractivity contribution in [3.8, 4) is 5.75 Å². The predicted octanol–water partition coefficient (Wildman–Crippen LogP) is 1.43. The second kappa shape index (κ2) is 14.0. The number of methoxy groups -OCH3 is 1. The molecule has 0 aliphatic rings. The van der Waals surface area contributed by atoms with E-state index in [0.717, 1.165) is 0 Å². The number of amides is 4. The summed E-state index contributed by atoms with van der Waals surface area (Å²) in [6.45, 7) is 8.07. The lowest BCUT2D eigenvalue weighted by Crippen LogP contribution is -2.54. The first-order valence-corrected chi connectivity index (χ1v) is 11.9. The lowest BCUT2D eigenvalue weighted by molar-refractivity contribution is -0.145. The number of nitrogens with zero attached hydrogens (tertiary/aromatic N) is 1. The van der Waals surface area contributed by atoms with Crippen molar-refractivity contribution in [2.45, 2.75) is 71.6 Å². The Balaban J connectivity index is 3.52. The highest BCUT2D eigenvalue weighted by Gasteiger charge is 2.37. The number of primary amides is 1. The molecule has 0 aromatic heterocycles. The monoisotopic (exact) mass is 522 g/mol. The van der Waals surface area contributed by atoms with Crippen molar-refractivity contribution < 1.29 is 38.6 Å². The SMILES string of the molecule is CCCCN(C(=O)C(CC(N)=O)NC(=O)OC(C)(C)C)C(C(=O)NCC(=O)OC)c1ccc(O)c(C)c1. The molecule has 0 bridgehead atoms. The molecule has 5 N–H and O–H groups in total. The van der Waals surface area contributed by atoms with Crippen LogP contribution in [-0.4, -0.2) is 71.6 Å². The Kier molecular flexibility index (Phi) is 11.8. The molecule has 0 saturated carbocycles. The van der Waals surface area contributed by atoms with E-state index in [4.69, 9.17) is 10.5 Å². The molecule has 1 rings (SSSR count). The van der Waals surface area contributed by atoms with Gasteiger partial charge in [-0.3, -0.25) is 19.2 Å². The van der Waals surface area contributed by atoms with Crippen LogP contribution in [0.25, 0.3) is 0 Å². The van der Waals surface area contributed by atoms with Gasteiger partial charge in [-0.05, 0) is 57.4 Å². The van der Waals surface area contributed by atoms with Crippen LogP contribution in [0.1, 0.15) is 64.1 Å². The number of hydrogen-bond donors (Lipinski definition) is 4. The number of unbranched alkanes of at least 4 members (excludes halogenated alkanes) is 1. The Hall–Kier alpha value is -3.83. The normalized spacial score (nSPS) is 12.6. The number of carbonyl (C=O) groups excluding carboxylic acids is 5. The molecular weight excluding hydrogens is 484 g/mol. The number of aryl methyl sites for hydroxylation is 1. The van der Waals surface area contributed by atoms with Crippen molar-refractivity contribution in [1.82, 2.24) is 15.5 Å². The highest BCUT2D eigenvalue weighted by Crippen LogP contribution is 2.27. The van der Waals surface area contributed by atoms with Gasteiger partial charge in [-0.1, -0.05) is 19.4 Å². The highest BCUT2D eigenvalue weighted by molar-refractivity contribution is 5.95. The molecule has 0 spiro atoms. The summed E-state index contributed by atoms with van der Waals surface area (Å²) in [5.41, 5.74) is 5.28.